The van der Waals surface area contributed by atoms with Gasteiger partial charge in [-0.15, -0.1) is 0 Å². The molecule has 0 aliphatic heterocycles. The lowest BCUT2D eigenvalue weighted by Crippen LogP contribution is -1.92. The number of aliphatic hydroxyl groups excluding tert-OH is 1. The maximum atomic E-state index is 9.01. The third-order valence-electron chi connectivity index (χ3n) is 3.80. The number of benzene rings is 2. The molecular formula is C21H24OS. The molecule has 0 saturated heterocycles. The smallest absolute Gasteiger partial charge is 0.0471 e. The summed E-state index contributed by atoms with van der Waals surface area (Å²) in [6, 6.07) is 16.9. The third-order valence-corrected chi connectivity index (χ3v) is 4.99. The highest BCUT2D eigenvalue weighted by Gasteiger charge is 2.10. The van der Waals surface area contributed by atoms with Gasteiger partial charge in [0.1, 0.15) is 0 Å². The Morgan fingerprint density at radius 1 is 1.00 bits per heavy atom. The predicted molar refractivity (Wildman–Crippen MR) is 102 cm³/mol. The molecule has 0 fully saturated rings. The average molecular weight is 324 g/mol. The maximum Gasteiger partial charge on any atom is 0.0471 e. The minimum atomic E-state index is 0.197. The van der Waals surface area contributed by atoms with Crippen LogP contribution < -0.4 is 0 Å². The van der Waals surface area contributed by atoms with E-state index in [9.17, 15) is 0 Å². The van der Waals surface area contributed by atoms with Gasteiger partial charge in [0.25, 0.3) is 0 Å². The van der Waals surface area contributed by atoms with Crippen molar-refractivity contribution >= 4 is 17.3 Å². The van der Waals surface area contributed by atoms with E-state index in [-0.39, 0.29) is 6.61 Å². The van der Waals surface area contributed by atoms with Crippen LogP contribution in [0, 0.1) is 6.92 Å². The summed E-state index contributed by atoms with van der Waals surface area (Å²) in [5.74, 6) is 0. The lowest BCUT2D eigenvalue weighted by atomic mass is 10.00. The molecule has 120 valence electrons. The molecule has 23 heavy (non-hydrogen) atoms. The summed E-state index contributed by atoms with van der Waals surface area (Å²) in [4.78, 5) is 2.48. The summed E-state index contributed by atoms with van der Waals surface area (Å²) >= 11 is 1.78. The number of thioether (sulfide) groups is 1. The topological polar surface area (TPSA) is 20.2 Å². The van der Waals surface area contributed by atoms with E-state index in [0.29, 0.717) is 6.42 Å². The summed E-state index contributed by atoms with van der Waals surface area (Å²) < 4.78 is 0. The van der Waals surface area contributed by atoms with Gasteiger partial charge >= 0.3 is 0 Å². The van der Waals surface area contributed by atoms with Crippen molar-refractivity contribution in [3.8, 4) is 0 Å². The van der Waals surface area contributed by atoms with Crippen molar-refractivity contribution in [2.75, 3.05) is 6.61 Å². The Bertz CT molecular complexity index is 696. The van der Waals surface area contributed by atoms with Gasteiger partial charge in [0.2, 0.25) is 0 Å². The highest BCUT2D eigenvalue weighted by Crippen LogP contribution is 2.37. The van der Waals surface area contributed by atoms with Crippen molar-refractivity contribution < 1.29 is 5.11 Å². The van der Waals surface area contributed by atoms with Crippen LogP contribution in [0.25, 0.3) is 5.57 Å². The summed E-state index contributed by atoms with van der Waals surface area (Å²) in [6.07, 6.45) is 5.07. The molecule has 1 nitrogen and oxygen atoms in total. The quantitative estimate of drug-likeness (QED) is 0.549. The average Bonchev–Trinajstić information content (AvgIpc) is 2.58. The zero-order chi connectivity index (χ0) is 16.7. The van der Waals surface area contributed by atoms with Gasteiger partial charge in [0.15, 0.2) is 0 Å². The fourth-order valence-electron chi connectivity index (χ4n) is 2.56. The van der Waals surface area contributed by atoms with Gasteiger partial charge in [-0.25, -0.2) is 0 Å². The molecule has 0 heterocycles. The first kappa shape index (κ1) is 17.6. The van der Waals surface area contributed by atoms with E-state index in [1.807, 2.05) is 0 Å². The van der Waals surface area contributed by atoms with Crippen LogP contribution in [-0.2, 0) is 6.42 Å². The molecule has 2 heteroatoms. The van der Waals surface area contributed by atoms with E-state index in [0.717, 1.165) is 0 Å². The first-order valence-corrected chi connectivity index (χ1v) is 8.78. The molecule has 0 radical (unpaired) electrons. The molecule has 0 amide bonds. The summed E-state index contributed by atoms with van der Waals surface area (Å²) in [5.41, 5.74) is 5.02. The van der Waals surface area contributed by atoms with Crippen molar-refractivity contribution in [2.45, 2.75) is 32.1 Å². The van der Waals surface area contributed by atoms with Crippen LogP contribution in [0.2, 0.25) is 0 Å². The Morgan fingerprint density at radius 3 is 2.26 bits per heavy atom. The van der Waals surface area contributed by atoms with Gasteiger partial charge in [-0.05, 0) is 61.6 Å². The minimum absolute atomic E-state index is 0.197. The summed E-state index contributed by atoms with van der Waals surface area (Å²) in [6.45, 7) is 6.53. The van der Waals surface area contributed by atoms with E-state index >= 15 is 0 Å². The standard InChI is InChI=1S/C21H24OS/c1-4-19(20-9-7-6-8-16(20)3)21(5-2)23-18-12-10-17(11-13-18)14-15-22/h4-13,22H,14-15H2,1-3H3. The molecule has 2 aromatic rings. The zero-order valence-electron chi connectivity index (χ0n) is 14.0. The third kappa shape index (κ3) is 4.60. The number of hydrogen-bond donors (Lipinski definition) is 1. The van der Waals surface area contributed by atoms with E-state index in [4.69, 9.17) is 5.11 Å². The van der Waals surface area contributed by atoms with Crippen molar-refractivity contribution in [1.82, 2.24) is 0 Å². The van der Waals surface area contributed by atoms with Crippen LogP contribution in [0.15, 0.2) is 70.5 Å². The Balaban J connectivity index is 2.24. The molecule has 0 aromatic heterocycles. The Labute approximate surface area is 143 Å². The summed E-state index contributed by atoms with van der Waals surface area (Å²) in [7, 11) is 0. The molecule has 2 rings (SSSR count). The highest BCUT2D eigenvalue weighted by molar-refractivity contribution is 8.03. The largest absolute Gasteiger partial charge is 0.396 e. The summed E-state index contributed by atoms with van der Waals surface area (Å²) in [5, 5.41) is 9.01. The van der Waals surface area contributed by atoms with Gasteiger partial charge in [-0.3, -0.25) is 0 Å². The van der Waals surface area contributed by atoms with Gasteiger partial charge < -0.3 is 5.11 Å². The van der Waals surface area contributed by atoms with Gasteiger partial charge in [-0.2, -0.15) is 0 Å². The van der Waals surface area contributed by atoms with Crippen LogP contribution in [-0.4, -0.2) is 11.7 Å². The normalized spacial score (nSPS) is 12.5. The predicted octanol–water partition coefficient (Wildman–Crippen LogP) is 5.63. The molecule has 1 N–H and O–H groups in total. The molecule has 2 aromatic carbocycles. The van der Waals surface area contributed by atoms with E-state index in [2.05, 4.69) is 81.5 Å². The van der Waals surface area contributed by atoms with Crippen molar-refractivity contribution in [3.63, 3.8) is 0 Å². The fraction of sp³-hybridized carbons (Fsp3) is 0.238. The maximum absolute atomic E-state index is 9.01. The van der Waals surface area contributed by atoms with Gasteiger partial charge in [-0.1, -0.05) is 60.3 Å². The monoisotopic (exact) mass is 324 g/mol. The van der Waals surface area contributed by atoms with Gasteiger partial charge in [0.05, 0.1) is 0 Å². The van der Waals surface area contributed by atoms with Crippen LogP contribution >= 0.6 is 11.8 Å². The molecule has 0 aliphatic carbocycles. The van der Waals surface area contributed by atoms with Crippen LogP contribution in [0.5, 0.6) is 0 Å². The molecule has 0 unspecified atom stereocenters. The zero-order valence-corrected chi connectivity index (χ0v) is 14.9. The van der Waals surface area contributed by atoms with E-state index in [1.54, 1.807) is 11.8 Å². The number of rotatable bonds is 6. The Kier molecular flexibility index (Phi) is 6.69. The number of aryl methyl sites for hydroxylation is 1. The fourth-order valence-corrected chi connectivity index (χ4v) is 3.54. The first-order valence-electron chi connectivity index (χ1n) is 7.96. The van der Waals surface area contributed by atoms with E-state index in [1.165, 1.54) is 32.1 Å². The second-order valence-electron chi connectivity index (χ2n) is 5.39. The second-order valence-corrected chi connectivity index (χ2v) is 6.51. The van der Waals surface area contributed by atoms with Crippen molar-refractivity contribution in [3.05, 3.63) is 82.3 Å². The molecule has 0 atom stereocenters. The Morgan fingerprint density at radius 2 is 1.70 bits per heavy atom. The SMILES string of the molecule is CC=C(Sc1ccc(CCO)cc1)C(=CC)c1ccccc1C. The molecular weight excluding hydrogens is 300 g/mol. The number of aliphatic hydroxyl groups is 1. The van der Waals surface area contributed by atoms with Crippen LogP contribution in [0.3, 0.4) is 0 Å². The lowest BCUT2D eigenvalue weighted by molar-refractivity contribution is 0.299. The Hall–Kier alpha value is -1.77. The lowest BCUT2D eigenvalue weighted by Gasteiger charge is -2.14. The van der Waals surface area contributed by atoms with E-state index < -0.39 is 0 Å². The van der Waals surface area contributed by atoms with Crippen LogP contribution in [0.1, 0.15) is 30.5 Å². The second kappa shape index (κ2) is 8.76. The van der Waals surface area contributed by atoms with Crippen molar-refractivity contribution in [1.29, 1.82) is 0 Å². The number of hydrogen-bond acceptors (Lipinski definition) is 2. The highest BCUT2D eigenvalue weighted by atomic mass is 32.2. The minimum Gasteiger partial charge on any atom is -0.396 e. The molecule has 0 saturated carbocycles. The molecule has 0 aliphatic rings. The molecule has 0 spiro atoms. The first-order chi connectivity index (χ1) is 11.2. The number of allylic oxidation sites excluding steroid dienone is 3. The molecule has 0 bridgehead atoms. The van der Waals surface area contributed by atoms with Gasteiger partial charge in [0, 0.05) is 16.4 Å². The van der Waals surface area contributed by atoms with Crippen LogP contribution in [0.4, 0.5) is 0 Å². The van der Waals surface area contributed by atoms with Crippen molar-refractivity contribution in [2.24, 2.45) is 0 Å².